The highest BCUT2D eigenvalue weighted by atomic mass is 16.4. The molecule has 94 valence electrons. The van der Waals surface area contributed by atoms with Gasteiger partial charge in [0.25, 0.3) is 0 Å². The van der Waals surface area contributed by atoms with Crippen molar-refractivity contribution < 1.29 is 20.1 Å². The van der Waals surface area contributed by atoms with Crippen LogP contribution >= 0.6 is 0 Å². The number of nitrogens with one attached hydrogen (secondary N) is 1. The van der Waals surface area contributed by atoms with Crippen LogP contribution < -0.4 is 5.32 Å². The molecule has 2 atom stereocenters. The van der Waals surface area contributed by atoms with Crippen molar-refractivity contribution in [3.8, 4) is 0 Å². The largest absolute Gasteiger partial charge is 0.477 e. The minimum absolute atomic E-state index is 0.0518. The van der Waals surface area contributed by atoms with Crippen LogP contribution in [0.5, 0.6) is 0 Å². The maximum atomic E-state index is 10.8. The lowest BCUT2D eigenvalue weighted by molar-refractivity contribution is 0.0200. The Hall–Kier alpha value is -1.50. The van der Waals surface area contributed by atoms with Crippen LogP contribution in [0.2, 0.25) is 0 Å². The van der Waals surface area contributed by atoms with Crippen molar-refractivity contribution in [3.05, 3.63) is 29.1 Å². The van der Waals surface area contributed by atoms with Crippen LogP contribution in [0.3, 0.4) is 0 Å². The Labute approximate surface area is 98.9 Å². The van der Waals surface area contributed by atoms with Gasteiger partial charge in [-0.25, -0.2) is 9.78 Å². The van der Waals surface area contributed by atoms with Gasteiger partial charge < -0.3 is 20.6 Å². The first-order valence-electron chi connectivity index (χ1n) is 5.18. The van der Waals surface area contributed by atoms with Crippen molar-refractivity contribution >= 4 is 5.97 Å². The van der Waals surface area contributed by atoms with E-state index in [0.717, 1.165) is 0 Å². The predicted octanol–water partition coefficient (Wildman–Crippen LogP) is -0.298. The zero-order valence-corrected chi connectivity index (χ0v) is 9.71. The molecule has 0 aliphatic rings. The van der Waals surface area contributed by atoms with Crippen molar-refractivity contribution in [1.29, 1.82) is 0 Å². The van der Waals surface area contributed by atoms with Gasteiger partial charge in [0.15, 0.2) is 5.69 Å². The van der Waals surface area contributed by atoms with Gasteiger partial charge >= 0.3 is 5.97 Å². The van der Waals surface area contributed by atoms with Gasteiger partial charge in [0.2, 0.25) is 0 Å². The van der Waals surface area contributed by atoms with Crippen LogP contribution in [0, 0.1) is 6.92 Å². The number of carboxylic acid groups (broad SMARTS) is 1. The minimum Gasteiger partial charge on any atom is -0.477 e. The Kier molecular flexibility index (Phi) is 4.56. The van der Waals surface area contributed by atoms with Gasteiger partial charge in [-0.05, 0) is 25.6 Å². The fourth-order valence-corrected chi connectivity index (χ4v) is 1.53. The molecule has 0 aliphatic heterocycles. The Morgan fingerprint density at radius 3 is 2.65 bits per heavy atom. The van der Waals surface area contributed by atoms with Crippen molar-refractivity contribution in [1.82, 2.24) is 10.3 Å². The number of nitrogens with zero attached hydrogens (tertiary/aromatic N) is 1. The van der Waals surface area contributed by atoms with Gasteiger partial charge in [-0.15, -0.1) is 0 Å². The molecule has 0 radical (unpaired) electrons. The molecule has 1 aromatic heterocycles. The number of aromatic nitrogens is 1. The van der Waals surface area contributed by atoms with Crippen LogP contribution in [-0.2, 0) is 0 Å². The smallest absolute Gasteiger partial charge is 0.354 e. The van der Waals surface area contributed by atoms with Crippen molar-refractivity contribution in [2.45, 2.75) is 19.1 Å². The highest BCUT2D eigenvalue weighted by Gasteiger charge is 2.19. The van der Waals surface area contributed by atoms with Gasteiger partial charge in [-0.3, -0.25) is 0 Å². The van der Waals surface area contributed by atoms with Crippen LogP contribution in [0.4, 0.5) is 0 Å². The van der Waals surface area contributed by atoms with Crippen molar-refractivity contribution in [2.24, 2.45) is 0 Å². The lowest BCUT2D eigenvalue weighted by Gasteiger charge is -2.18. The second-order valence-electron chi connectivity index (χ2n) is 3.81. The van der Waals surface area contributed by atoms with Gasteiger partial charge in [-0.2, -0.15) is 0 Å². The molecule has 1 rings (SSSR count). The third-order valence-corrected chi connectivity index (χ3v) is 2.42. The van der Waals surface area contributed by atoms with Gasteiger partial charge in [0.1, 0.15) is 6.10 Å². The zero-order chi connectivity index (χ0) is 13.0. The van der Waals surface area contributed by atoms with E-state index < -0.39 is 18.2 Å². The summed E-state index contributed by atoms with van der Waals surface area (Å²) < 4.78 is 0. The number of aromatic carboxylic acids is 1. The highest BCUT2D eigenvalue weighted by molar-refractivity contribution is 5.86. The molecule has 4 N–H and O–H groups in total. The number of aliphatic hydroxyl groups is 2. The van der Waals surface area contributed by atoms with E-state index in [4.69, 9.17) is 5.11 Å². The molecule has 2 unspecified atom stereocenters. The average Bonchev–Trinajstić information content (AvgIpc) is 2.27. The fraction of sp³-hybridized carbons (Fsp3) is 0.455. The number of hydrogen-bond acceptors (Lipinski definition) is 5. The van der Waals surface area contributed by atoms with Gasteiger partial charge in [-0.1, -0.05) is 0 Å². The van der Waals surface area contributed by atoms with E-state index in [1.807, 2.05) is 0 Å². The number of rotatable bonds is 5. The molecule has 0 saturated heterocycles. The topological polar surface area (TPSA) is 103 Å². The van der Waals surface area contributed by atoms with Crippen LogP contribution in [0.15, 0.2) is 12.3 Å². The number of likely N-dealkylation sites (N-methyl/N-ethyl adjacent to an activating group) is 1. The lowest BCUT2D eigenvalue weighted by atomic mass is 10.0. The molecule has 17 heavy (non-hydrogen) atoms. The second kappa shape index (κ2) is 5.72. The van der Waals surface area contributed by atoms with E-state index in [1.54, 1.807) is 14.0 Å². The molecule has 0 amide bonds. The first-order chi connectivity index (χ1) is 7.97. The predicted molar refractivity (Wildman–Crippen MR) is 60.8 cm³/mol. The second-order valence-corrected chi connectivity index (χ2v) is 3.81. The van der Waals surface area contributed by atoms with E-state index >= 15 is 0 Å². The van der Waals surface area contributed by atoms with Crippen LogP contribution in [0.25, 0.3) is 0 Å². The molecule has 1 heterocycles. The first-order valence-corrected chi connectivity index (χ1v) is 5.18. The van der Waals surface area contributed by atoms with Crippen molar-refractivity contribution in [3.63, 3.8) is 0 Å². The molecule has 0 bridgehead atoms. The summed E-state index contributed by atoms with van der Waals surface area (Å²) in [4.78, 5) is 14.5. The molecule has 0 aromatic carbocycles. The van der Waals surface area contributed by atoms with E-state index in [9.17, 15) is 15.0 Å². The molecule has 0 saturated carbocycles. The summed E-state index contributed by atoms with van der Waals surface area (Å²) in [5, 5.41) is 30.9. The molecule has 6 nitrogen and oxygen atoms in total. The number of aryl methyl sites for hydroxylation is 1. The monoisotopic (exact) mass is 240 g/mol. The number of carbonyl (C=O) groups is 1. The molecule has 1 aromatic rings. The SMILES string of the molecule is CNCC(O)C(O)c1cnc(C(=O)O)c(C)c1. The molecule has 6 heteroatoms. The lowest BCUT2D eigenvalue weighted by Crippen LogP contribution is -2.29. The third kappa shape index (κ3) is 3.23. The fourth-order valence-electron chi connectivity index (χ4n) is 1.53. The van der Waals surface area contributed by atoms with Crippen LogP contribution in [-0.4, -0.2) is 46.0 Å². The Morgan fingerprint density at radius 1 is 1.53 bits per heavy atom. The summed E-state index contributed by atoms with van der Waals surface area (Å²) in [6, 6.07) is 1.51. The number of hydrogen-bond donors (Lipinski definition) is 4. The molecule has 0 fully saturated rings. The zero-order valence-electron chi connectivity index (χ0n) is 9.71. The maximum absolute atomic E-state index is 10.8. The van der Waals surface area contributed by atoms with E-state index in [-0.39, 0.29) is 12.2 Å². The summed E-state index contributed by atoms with van der Waals surface area (Å²) in [5.41, 5.74) is 0.796. The summed E-state index contributed by atoms with van der Waals surface area (Å²) in [7, 11) is 1.66. The highest BCUT2D eigenvalue weighted by Crippen LogP contribution is 2.18. The Balaban J connectivity index is 2.93. The van der Waals surface area contributed by atoms with Gasteiger partial charge in [0, 0.05) is 18.3 Å². The molecule has 0 spiro atoms. The van der Waals surface area contributed by atoms with E-state index in [1.165, 1.54) is 12.3 Å². The Morgan fingerprint density at radius 2 is 2.18 bits per heavy atom. The van der Waals surface area contributed by atoms with E-state index in [0.29, 0.717) is 11.1 Å². The first kappa shape index (κ1) is 13.6. The maximum Gasteiger partial charge on any atom is 0.354 e. The quantitative estimate of drug-likeness (QED) is 0.563. The van der Waals surface area contributed by atoms with Crippen molar-refractivity contribution in [2.75, 3.05) is 13.6 Å². The number of aliphatic hydroxyl groups excluding tert-OH is 2. The normalized spacial score (nSPS) is 14.4. The standard InChI is InChI=1S/C11H16N2O4/c1-6-3-7(4-13-9(6)11(16)17)10(15)8(14)5-12-2/h3-4,8,10,12,14-15H,5H2,1-2H3,(H,16,17). The number of carboxylic acids is 1. The molecule has 0 aliphatic carbocycles. The molecular formula is C11H16N2O4. The third-order valence-electron chi connectivity index (χ3n) is 2.42. The summed E-state index contributed by atoms with van der Waals surface area (Å²) in [6.45, 7) is 1.83. The Bertz CT molecular complexity index is 408. The molecular weight excluding hydrogens is 224 g/mol. The number of pyridine rings is 1. The summed E-state index contributed by atoms with van der Waals surface area (Å²) in [6.07, 6.45) is -0.784. The minimum atomic E-state index is -1.11. The van der Waals surface area contributed by atoms with E-state index in [2.05, 4.69) is 10.3 Å². The summed E-state index contributed by atoms with van der Waals surface area (Å²) in [5.74, 6) is -1.11. The van der Waals surface area contributed by atoms with Crippen LogP contribution in [0.1, 0.15) is 27.7 Å². The average molecular weight is 240 g/mol. The van der Waals surface area contributed by atoms with Gasteiger partial charge in [0.05, 0.1) is 6.10 Å². The summed E-state index contributed by atoms with van der Waals surface area (Å²) >= 11 is 0.